The molecule has 2 heterocycles. The van der Waals surface area contributed by atoms with E-state index >= 15 is 0 Å². The zero-order valence-electron chi connectivity index (χ0n) is 24.3. The van der Waals surface area contributed by atoms with Crippen molar-refractivity contribution >= 4 is 34.8 Å². The molecule has 1 saturated heterocycles. The lowest BCUT2D eigenvalue weighted by Crippen LogP contribution is -2.53. The normalized spacial score (nSPS) is 22.5. The summed E-state index contributed by atoms with van der Waals surface area (Å²) in [5.74, 6) is 6.27. The van der Waals surface area contributed by atoms with Gasteiger partial charge in [-0.15, -0.1) is 11.3 Å². The number of hydrogen-bond donors (Lipinski definition) is 0. The third-order valence-electron chi connectivity index (χ3n) is 7.39. The smallest absolute Gasteiger partial charge is 0.350 e. The van der Waals surface area contributed by atoms with E-state index < -0.39 is 12.0 Å². The van der Waals surface area contributed by atoms with E-state index in [-0.39, 0.29) is 23.1 Å². The predicted molar refractivity (Wildman–Crippen MR) is 153 cm³/mol. The van der Waals surface area contributed by atoms with Gasteiger partial charge in [-0.1, -0.05) is 18.8 Å². The van der Waals surface area contributed by atoms with Crippen molar-refractivity contribution in [2.24, 2.45) is 17.3 Å². The molecule has 1 aromatic rings. The first-order valence-electron chi connectivity index (χ1n) is 13.9. The minimum atomic E-state index is -0.645. The summed E-state index contributed by atoms with van der Waals surface area (Å²) in [7, 11) is 5.34. The van der Waals surface area contributed by atoms with Gasteiger partial charge in [0.05, 0.1) is 17.7 Å². The molecule has 2 fully saturated rings. The van der Waals surface area contributed by atoms with Crippen molar-refractivity contribution in [1.82, 2.24) is 9.80 Å². The first-order valence-corrected chi connectivity index (χ1v) is 14.7. The van der Waals surface area contributed by atoms with Gasteiger partial charge in [0.1, 0.15) is 10.9 Å². The van der Waals surface area contributed by atoms with Gasteiger partial charge in [-0.25, -0.2) is 4.79 Å². The summed E-state index contributed by atoms with van der Waals surface area (Å²) < 4.78 is 5.13. The second-order valence-electron chi connectivity index (χ2n) is 12.1. The summed E-state index contributed by atoms with van der Waals surface area (Å²) >= 11 is 1.24. The Kier molecular flexibility index (Phi) is 10.4. The topological polar surface area (TPSA) is 70.2 Å². The molecule has 0 radical (unpaired) electrons. The molecule has 7 nitrogen and oxygen atoms in total. The third-order valence-corrected chi connectivity index (χ3v) is 8.41. The van der Waals surface area contributed by atoms with Crippen molar-refractivity contribution in [2.45, 2.75) is 78.7 Å². The maximum absolute atomic E-state index is 14.3. The summed E-state index contributed by atoms with van der Waals surface area (Å²) in [6, 6.07) is 1.18. The highest BCUT2D eigenvalue weighted by Gasteiger charge is 2.41. The highest BCUT2D eigenvalue weighted by atomic mass is 32.1. The number of ether oxygens (including phenoxy) is 1. The standard InChI is InChI=1S/C30H45N3O4S/c1-21-11-13-22(14-12-21)27(34)33(24-10-8-9-17-32(28(24)35)19-18-31(5)6)25-20-23(15-16-30(2,3)4)38-26(25)29(36)37-7/h20-22,24H,8-14,17-19H2,1-7H3/t21?,22?,24-/m0/s1. The van der Waals surface area contributed by atoms with E-state index in [4.69, 9.17) is 4.74 Å². The van der Waals surface area contributed by atoms with Gasteiger partial charge in [0.15, 0.2) is 0 Å². The van der Waals surface area contributed by atoms with Gasteiger partial charge in [0.25, 0.3) is 0 Å². The van der Waals surface area contributed by atoms with Crippen molar-refractivity contribution in [3.05, 3.63) is 15.8 Å². The van der Waals surface area contributed by atoms with Crippen LogP contribution in [0, 0.1) is 29.1 Å². The lowest BCUT2D eigenvalue weighted by atomic mass is 9.82. The number of thiophene rings is 1. The number of esters is 1. The van der Waals surface area contributed by atoms with E-state index in [1.54, 1.807) is 4.90 Å². The van der Waals surface area contributed by atoms with Gasteiger partial charge in [-0.2, -0.15) is 0 Å². The van der Waals surface area contributed by atoms with Gasteiger partial charge in [0, 0.05) is 31.0 Å². The Morgan fingerprint density at radius 3 is 2.42 bits per heavy atom. The fourth-order valence-electron chi connectivity index (χ4n) is 5.12. The van der Waals surface area contributed by atoms with Crippen LogP contribution in [0.15, 0.2) is 6.07 Å². The molecule has 0 unspecified atom stereocenters. The number of likely N-dealkylation sites (N-methyl/N-ethyl adjacent to an activating group) is 1. The van der Waals surface area contributed by atoms with Gasteiger partial charge < -0.3 is 14.5 Å². The minimum Gasteiger partial charge on any atom is -0.465 e. The molecule has 1 aromatic heterocycles. The van der Waals surface area contributed by atoms with Crippen LogP contribution in [-0.2, 0) is 14.3 Å². The second kappa shape index (κ2) is 13.1. The highest BCUT2D eigenvalue weighted by molar-refractivity contribution is 7.15. The zero-order valence-corrected chi connectivity index (χ0v) is 25.1. The fourth-order valence-corrected chi connectivity index (χ4v) is 6.04. The molecule has 2 aliphatic rings. The Morgan fingerprint density at radius 1 is 1.13 bits per heavy atom. The quantitative estimate of drug-likeness (QED) is 0.356. The molecule has 0 N–H and O–H groups in total. The van der Waals surface area contributed by atoms with E-state index in [0.29, 0.717) is 40.9 Å². The third kappa shape index (κ3) is 7.83. The number of carbonyl (C=O) groups excluding carboxylic acids is 3. The maximum Gasteiger partial charge on any atom is 0.350 e. The molecular formula is C30H45N3O4S. The van der Waals surface area contributed by atoms with Gasteiger partial charge >= 0.3 is 5.97 Å². The van der Waals surface area contributed by atoms with Gasteiger partial charge in [0.2, 0.25) is 11.8 Å². The Morgan fingerprint density at radius 2 is 1.82 bits per heavy atom. The largest absolute Gasteiger partial charge is 0.465 e. The van der Waals surface area contributed by atoms with Crippen LogP contribution in [0.4, 0.5) is 5.69 Å². The van der Waals surface area contributed by atoms with E-state index in [1.165, 1.54) is 18.4 Å². The molecule has 0 spiro atoms. The summed E-state index contributed by atoms with van der Waals surface area (Å²) in [5, 5.41) is 0. The van der Waals surface area contributed by atoms with E-state index in [0.717, 1.165) is 45.1 Å². The SMILES string of the molecule is COC(=O)c1sc(C#CC(C)(C)C)cc1N(C(=O)C1CCC(C)CC1)[C@H]1CCCCN(CCN(C)C)C1=O. The molecular weight excluding hydrogens is 498 g/mol. The number of anilines is 1. The molecule has 8 heteroatoms. The molecule has 210 valence electrons. The average molecular weight is 544 g/mol. The number of methoxy groups -OCH3 is 1. The number of likely N-dealkylation sites (tertiary alicyclic amines) is 1. The summed E-state index contributed by atoms with van der Waals surface area (Å²) in [5.41, 5.74) is 0.255. The van der Waals surface area contributed by atoms with Gasteiger partial charge in [-0.3, -0.25) is 14.5 Å². The Hall–Kier alpha value is -2.37. The molecule has 1 aliphatic carbocycles. The predicted octanol–water partition coefficient (Wildman–Crippen LogP) is 5.03. The van der Waals surface area contributed by atoms with Crippen LogP contribution in [-0.4, -0.2) is 74.5 Å². The van der Waals surface area contributed by atoms with Crippen LogP contribution in [0.25, 0.3) is 0 Å². The Balaban J connectivity index is 2.10. The van der Waals surface area contributed by atoms with Crippen LogP contribution in [0.5, 0.6) is 0 Å². The number of rotatable bonds is 7. The summed E-state index contributed by atoms with van der Waals surface area (Å²) in [6.07, 6.45) is 5.91. The van der Waals surface area contributed by atoms with Crippen molar-refractivity contribution in [2.75, 3.05) is 45.7 Å². The monoisotopic (exact) mass is 543 g/mol. The van der Waals surface area contributed by atoms with Crippen molar-refractivity contribution in [3.8, 4) is 11.8 Å². The fraction of sp³-hybridized carbons (Fsp3) is 0.700. The first kappa shape index (κ1) is 30.2. The molecule has 1 saturated carbocycles. The maximum atomic E-state index is 14.3. The van der Waals surface area contributed by atoms with E-state index in [1.807, 2.05) is 45.8 Å². The average Bonchev–Trinajstić information content (AvgIpc) is 3.20. The van der Waals surface area contributed by atoms with Crippen LogP contribution < -0.4 is 4.90 Å². The highest BCUT2D eigenvalue weighted by Crippen LogP contribution is 2.38. The van der Waals surface area contributed by atoms with Crippen LogP contribution in [0.3, 0.4) is 0 Å². The lowest BCUT2D eigenvalue weighted by molar-refractivity contribution is -0.135. The van der Waals surface area contributed by atoms with Gasteiger partial charge in [-0.05, 0) is 91.8 Å². The minimum absolute atomic E-state index is 0.0359. The zero-order chi connectivity index (χ0) is 28.0. The van der Waals surface area contributed by atoms with Crippen molar-refractivity contribution in [3.63, 3.8) is 0 Å². The summed E-state index contributed by atoms with van der Waals surface area (Å²) in [6.45, 7) is 10.4. The lowest BCUT2D eigenvalue weighted by Gasteiger charge is -2.37. The molecule has 38 heavy (non-hydrogen) atoms. The summed E-state index contributed by atoms with van der Waals surface area (Å²) in [4.78, 5) is 47.9. The van der Waals surface area contributed by atoms with E-state index in [2.05, 4.69) is 23.7 Å². The van der Waals surface area contributed by atoms with Crippen LogP contribution >= 0.6 is 11.3 Å². The van der Waals surface area contributed by atoms with Crippen LogP contribution in [0.2, 0.25) is 0 Å². The number of hydrogen-bond acceptors (Lipinski definition) is 6. The Bertz CT molecular complexity index is 1050. The number of carbonyl (C=O) groups is 3. The molecule has 1 aliphatic heterocycles. The molecule has 3 rings (SSSR count). The molecule has 0 aromatic carbocycles. The second-order valence-corrected chi connectivity index (χ2v) is 13.2. The van der Waals surface area contributed by atoms with E-state index in [9.17, 15) is 14.4 Å². The Labute approximate surface area is 232 Å². The number of amides is 2. The molecule has 1 atom stereocenters. The number of nitrogens with zero attached hydrogens (tertiary/aromatic N) is 3. The first-order chi connectivity index (χ1) is 17.9. The van der Waals surface area contributed by atoms with Crippen LogP contribution in [0.1, 0.15) is 87.2 Å². The molecule has 2 amide bonds. The van der Waals surface area contributed by atoms with Crippen molar-refractivity contribution < 1.29 is 19.1 Å². The molecule has 0 bridgehead atoms. The van der Waals surface area contributed by atoms with Crippen molar-refractivity contribution in [1.29, 1.82) is 0 Å².